The number of hydrogen-bond donors (Lipinski definition) is 4. The highest BCUT2D eigenvalue weighted by molar-refractivity contribution is 5.76. The summed E-state index contributed by atoms with van der Waals surface area (Å²) >= 11 is 0. The van der Waals surface area contributed by atoms with Crippen molar-refractivity contribution in [2.45, 2.75) is 88.1 Å². The van der Waals surface area contributed by atoms with E-state index >= 15 is 0 Å². The monoisotopic (exact) mass is 449 g/mol. The molecule has 4 N–H and O–H groups in total. The lowest BCUT2D eigenvalue weighted by molar-refractivity contribution is -0.124. The van der Waals surface area contributed by atoms with Crippen LogP contribution < -0.4 is 16.0 Å². The number of carbonyl (C=O) groups is 2. The molecule has 2 aliphatic heterocycles. The number of amides is 3. The van der Waals surface area contributed by atoms with Crippen LogP contribution in [0.5, 0.6) is 0 Å². The fourth-order valence-corrected chi connectivity index (χ4v) is 4.77. The Kier molecular flexibility index (Phi) is 7.59. The van der Waals surface area contributed by atoms with E-state index in [1.54, 1.807) is 12.1 Å². The molecule has 1 saturated carbocycles. The molecule has 3 amide bonds. The molecule has 2 heterocycles. The number of fused-ring (bicyclic) bond motifs is 1. The summed E-state index contributed by atoms with van der Waals surface area (Å²) < 4.78 is 24.7. The van der Waals surface area contributed by atoms with Crippen molar-refractivity contribution >= 4 is 11.9 Å². The maximum Gasteiger partial charge on any atom is 0.315 e. The van der Waals surface area contributed by atoms with Gasteiger partial charge in [-0.3, -0.25) is 4.79 Å². The highest BCUT2D eigenvalue weighted by Crippen LogP contribution is 2.35. The third-order valence-electron chi connectivity index (χ3n) is 6.50. The Bertz CT molecular complexity index is 786. The van der Waals surface area contributed by atoms with E-state index in [4.69, 9.17) is 9.47 Å². The summed E-state index contributed by atoms with van der Waals surface area (Å²) in [7, 11) is 0. The minimum Gasteiger partial charge on any atom is -0.388 e. The number of rotatable bonds is 7. The van der Waals surface area contributed by atoms with Gasteiger partial charge in [0.2, 0.25) is 5.91 Å². The van der Waals surface area contributed by atoms with Crippen LogP contribution in [0.1, 0.15) is 50.5 Å². The largest absolute Gasteiger partial charge is 0.388 e. The molecule has 5 unspecified atom stereocenters. The summed E-state index contributed by atoms with van der Waals surface area (Å²) in [6.45, 7) is 0.521. The summed E-state index contributed by atoms with van der Waals surface area (Å²) in [6, 6.07) is 5.94. The lowest BCUT2D eigenvalue weighted by Crippen LogP contribution is -2.47. The van der Waals surface area contributed by atoms with Crippen molar-refractivity contribution in [2.75, 3.05) is 6.54 Å². The number of urea groups is 1. The standard InChI is InChI=1S/C23H32FN3O5/c24-15-8-6-14(7-9-15)12-25-20(28)11-17-10-18-22(31-17)21(29)19(32-18)13-26-23(30)27-16-4-2-1-3-5-16/h6-9,16-19,21-22,29H,1-5,10-13H2,(H,25,28)(H2,26,27,30). The molecule has 8 nitrogen and oxygen atoms in total. The first-order valence-electron chi connectivity index (χ1n) is 11.5. The van der Waals surface area contributed by atoms with E-state index in [0.29, 0.717) is 13.0 Å². The van der Waals surface area contributed by atoms with Gasteiger partial charge in [0, 0.05) is 25.6 Å². The molecule has 2 saturated heterocycles. The third kappa shape index (κ3) is 5.96. The fraction of sp³-hybridized carbons (Fsp3) is 0.652. The highest BCUT2D eigenvalue weighted by atomic mass is 19.1. The maximum atomic E-state index is 13.0. The Balaban J connectivity index is 1.15. The molecule has 3 fully saturated rings. The first-order chi connectivity index (χ1) is 15.5. The van der Waals surface area contributed by atoms with Crippen molar-refractivity contribution in [3.8, 4) is 0 Å². The Labute approximate surface area is 187 Å². The molecule has 1 aromatic carbocycles. The average molecular weight is 450 g/mol. The molecular formula is C23H32FN3O5. The molecule has 32 heavy (non-hydrogen) atoms. The fourth-order valence-electron chi connectivity index (χ4n) is 4.77. The highest BCUT2D eigenvalue weighted by Gasteiger charge is 2.50. The van der Waals surface area contributed by atoms with Gasteiger partial charge >= 0.3 is 6.03 Å². The number of ether oxygens (including phenoxy) is 2. The van der Waals surface area contributed by atoms with E-state index < -0.39 is 18.3 Å². The van der Waals surface area contributed by atoms with Gasteiger partial charge in [0.25, 0.3) is 0 Å². The molecule has 9 heteroatoms. The molecule has 1 aliphatic carbocycles. The van der Waals surface area contributed by atoms with E-state index in [2.05, 4.69) is 16.0 Å². The summed E-state index contributed by atoms with van der Waals surface area (Å²) in [4.78, 5) is 24.3. The van der Waals surface area contributed by atoms with Crippen LogP contribution >= 0.6 is 0 Å². The molecule has 176 valence electrons. The van der Waals surface area contributed by atoms with Crippen LogP contribution in [0.3, 0.4) is 0 Å². The van der Waals surface area contributed by atoms with E-state index in [-0.39, 0.29) is 49.0 Å². The van der Waals surface area contributed by atoms with E-state index in [0.717, 1.165) is 31.2 Å². The van der Waals surface area contributed by atoms with E-state index in [1.807, 2.05) is 0 Å². The van der Waals surface area contributed by atoms with Gasteiger partial charge < -0.3 is 30.5 Å². The molecule has 0 aromatic heterocycles. The van der Waals surface area contributed by atoms with Crippen molar-refractivity contribution in [1.82, 2.24) is 16.0 Å². The molecule has 1 aromatic rings. The Morgan fingerprint density at radius 1 is 1.06 bits per heavy atom. The third-order valence-corrected chi connectivity index (χ3v) is 6.50. The first kappa shape index (κ1) is 22.9. The van der Waals surface area contributed by atoms with Crippen LogP contribution in [-0.4, -0.2) is 60.2 Å². The number of aliphatic hydroxyl groups excluding tert-OH is 1. The second-order valence-corrected chi connectivity index (χ2v) is 8.96. The van der Waals surface area contributed by atoms with Crippen molar-refractivity contribution < 1.29 is 28.6 Å². The topological polar surface area (TPSA) is 109 Å². The lowest BCUT2D eigenvalue weighted by Gasteiger charge is -2.24. The molecule has 0 bridgehead atoms. The van der Waals surface area contributed by atoms with Crippen LogP contribution in [-0.2, 0) is 20.8 Å². The Hall–Kier alpha value is -2.23. The predicted octanol–water partition coefficient (Wildman–Crippen LogP) is 1.75. The Morgan fingerprint density at radius 3 is 2.53 bits per heavy atom. The first-order valence-corrected chi connectivity index (χ1v) is 11.5. The number of carbonyl (C=O) groups excluding carboxylic acids is 2. The van der Waals surface area contributed by atoms with Crippen LogP contribution in [0.25, 0.3) is 0 Å². The van der Waals surface area contributed by atoms with Crippen LogP contribution in [0, 0.1) is 5.82 Å². The van der Waals surface area contributed by atoms with Crippen LogP contribution in [0.4, 0.5) is 9.18 Å². The summed E-state index contributed by atoms with van der Waals surface area (Å²) in [5.74, 6) is -0.491. The van der Waals surface area contributed by atoms with Crippen LogP contribution in [0.2, 0.25) is 0 Å². The normalized spacial score (nSPS) is 30.0. The van der Waals surface area contributed by atoms with Gasteiger partial charge in [-0.05, 0) is 30.5 Å². The lowest BCUT2D eigenvalue weighted by atomic mass is 9.96. The summed E-state index contributed by atoms with van der Waals surface area (Å²) in [5, 5.41) is 19.1. The number of benzene rings is 1. The smallest absolute Gasteiger partial charge is 0.315 e. The number of hydrogen-bond acceptors (Lipinski definition) is 5. The molecule has 3 aliphatic rings. The van der Waals surface area contributed by atoms with Gasteiger partial charge in [-0.2, -0.15) is 0 Å². The second kappa shape index (κ2) is 10.6. The van der Waals surface area contributed by atoms with Gasteiger partial charge in [0.15, 0.2) is 0 Å². The molecule has 5 atom stereocenters. The minimum atomic E-state index is -0.859. The second-order valence-electron chi connectivity index (χ2n) is 8.96. The van der Waals surface area contributed by atoms with Gasteiger partial charge in [0.1, 0.15) is 24.1 Å². The molecular weight excluding hydrogens is 417 g/mol. The molecule has 4 rings (SSSR count). The van der Waals surface area contributed by atoms with Gasteiger partial charge in [-0.1, -0.05) is 31.4 Å². The average Bonchev–Trinajstić information content (AvgIpc) is 3.30. The van der Waals surface area contributed by atoms with Crippen molar-refractivity contribution in [3.63, 3.8) is 0 Å². The number of aliphatic hydroxyl groups is 1. The predicted molar refractivity (Wildman–Crippen MR) is 114 cm³/mol. The van der Waals surface area contributed by atoms with Gasteiger partial charge in [-0.15, -0.1) is 0 Å². The maximum absolute atomic E-state index is 13.0. The molecule has 0 radical (unpaired) electrons. The molecule has 0 spiro atoms. The van der Waals surface area contributed by atoms with Crippen molar-refractivity contribution in [3.05, 3.63) is 35.6 Å². The summed E-state index contributed by atoms with van der Waals surface area (Å²) in [5.41, 5.74) is 0.811. The van der Waals surface area contributed by atoms with E-state index in [1.165, 1.54) is 18.6 Å². The minimum absolute atomic E-state index is 0.164. The zero-order valence-corrected chi connectivity index (χ0v) is 18.1. The van der Waals surface area contributed by atoms with Gasteiger partial charge in [0.05, 0.1) is 18.6 Å². The number of halogens is 1. The van der Waals surface area contributed by atoms with Crippen LogP contribution in [0.15, 0.2) is 24.3 Å². The zero-order chi connectivity index (χ0) is 22.5. The quantitative estimate of drug-likeness (QED) is 0.507. The van der Waals surface area contributed by atoms with E-state index in [9.17, 15) is 19.1 Å². The zero-order valence-electron chi connectivity index (χ0n) is 18.1. The van der Waals surface area contributed by atoms with Gasteiger partial charge in [-0.25, -0.2) is 9.18 Å². The SMILES string of the molecule is O=C(CC1CC2OC(CNC(=O)NC3CCCCC3)C(O)C2O1)NCc1ccc(F)cc1. The number of nitrogens with one attached hydrogen (secondary N) is 3. The van der Waals surface area contributed by atoms with Crippen molar-refractivity contribution in [1.29, 1.82) is 0 Å². The van der Waals surface area contributed by atoms with Crippen molar-refractivity contribution in [2.24, 2.45) is 0 Å². The summed E-state index contributed by atoms with van der Waals surface area (Å²) in [6.07, 6.45) is 3.66. The Morgan fingerprint density at radius 2 is 1.81 bits per heavy atom.